The van der Waals surface area contributed by atoms with E-state index in [9.17, 15) is 4.79 Å². The number of thioether (sulfide) groups is 1. The maximum Gasteiger partial charge on any atom is 0.251 e. The van der Waals surface area contributed by atoms with Crippen LogP contribution in [0.4, 0.5) is 5.82 Å². The number of aromatic nitrogens is 1. The van der Waals surface area contributed by atoms with E-state index in [0.29, 0.717) is 11.4 Å². The van der Waals surface area contributed by atoms with Gasteiger partial charge in [0.15, 0.2) is 0 Å². The first kappa shape index (κ1) is 15.1. The SMILES string of the molecule is CC(C)(C)c1cc(C(=O)NC2CCSC2)cc(NN)n1. The number of anilines is 1. The molecule has 6 heteroatoms. The summed E-state index contributed by atoms with van der Waals surface area (Å²) in [7, 11) is 0. The fraction of sp³-hybridized carbons (Fsp3) is 0.571. The van der Waals surface area contributed by atoms with E-state index in [4.69, 9.17) is 5.84 Å². The average molecular weight is 294 g/mol. The van der Waals surface area contributed by atoms with Crippen molar-refractivity contribution in [3.05, 3.63) is 23.4 Å². The van der Waals surface area contributed by atoms with Gasteiger partial charge in [-0.2, -0.15) is 11.8 Å². The van der Waals surface area contributed by atoms with Gasteiger partial charge in [0.2, 0.25) is 0 Å². The smallest absolute Gasteiger partial charge is 0.251 e. The summed E-state index contributed by atoms with van der Waals surface area (Å²) in [5, 5.41) is 3.07. The molecule has 1 amide bonds. The van der Waals surface area contributed by atoms with Crippen LogP contribution in [-0.4, -0.2) is 28.4 Å². The highest BCUT2D eigenvalue weighted by molar-refractivity contribution is 7.99. The number of hydrogen-bond acceptors (Lipinski definition) is 5. The Kier molecular flexibility index (Phi) is 4.55. The molecule has 0 aliphatic carbocycles. The number of nitrogens with zero attached hydrogens (tertiary/aromatic N) is 1. The first-order valence-electron chi connectivity index (χ1n) is 6.78. The van der Waals surface area contributed by atoms with E-state index in [-0.39, 0.29) is 17.4 Å². The van der Waals surface area contributed by atoms with Crippen molar-refractivity contribution in [3.8, 4) is 0 Å². The molecule has 2 rings (SSSR count). The molecule has 0 saturated carbocycles. The molecule has 1 aliphatic rings. The van der Waals surface area contributed by atoms with Gasteiger partial charge in [0.05, 0.1) is 0 Å². The molecular weight excluding hydrogens is 272 g/mol. The Balaban J connectivity index is 2.23. The molecular formula is C14H22N4OS. The number of pyridine rings is 1. The van der Waals surface area contributed by atoms with Crippen molar-refractivity contribution in [3.63, 3.8) is 0 Å². The summed E-state index contributed by atoms with van der Waals surface area (Å²) >= 11 is 1.88. The molecule has 0 radical (unpaired) electrons. The second-order valence-corrected chi connectivity index (χ2v) is 7.20. The number of rotatable bonds is 3. The quantitative estimate of drug-likeness (QED) is 0.586. The Morgan fingerprint density at radius 2 is 2.20 bits per heavy atom. The molecule has 1 unspecified atom stereocenters. The monoisotopic (exact) mass is 294 g/mol. The summed E-state index contributed by atoms with van der Waals surface area (Å²) in [5.74, 6) is 8.02. The maximum absolute atomic E-state index is 12.3. The third-order valence-corrected chi connectivity index (χ3v) is 4.43. The summed E-state index contributed by atoms with van der Waals surface area (Å²) in [6, 6.07) is 3.80. The Hall–Kier alpha value is -1.27. The molecule has 5 nitrogen and oxygen atoms in total. The van der Waals surface area contributed by atoms with Crippen LogP contribution in [-0.2, 0) is 5.41 Å². The highest BCUT2D eigenvalue weighted by atomic mass is 32.2. The first-order chi connectivity index (χ1) is 9.40. The molecule has 4 N–H and O–H groups in total. The van der Waals surface area contributed by atoms with Crippen LogP contribution in [0.3, 0.4) is 0 Å². The zero-order chi connectivity index (χ0) is 14.8. The molecule has 110 valence electrons. The Morgan fingerprint density at radius 3 is 2.75 bits per heavy atom. The van der Waals surface area contributed by atoms with Crippen LogP contribution in [0.5, 0.6) is 0 Å². The highest BCUT2D eigenvalue weighted by Gasteiger charge is 2.22. The Morgan fingerprint density at radius 1 is 1.45 bits per heavy atom. The van der Waals surface area contributed by atoms with Crippen molar-refractivity contribution in [1.29, 1.82) is 0 Å². The molecule has 2 heterocycles. The average Bonchev–Trinajstić information content (AvgIpc) is 2.90. The van der Waals surface area contributed by atoms with Gasteiger partial charge in [-0.05, 0) is 24.3 Å². The number of carbonyl (C=O) groups excluding carboxylic acids is 1. The number of nitrogens with one attached hydrogen (secondary N) is 2. The largest absolute Gasteiger partial charge is 0.348 e. The predicted octanol–water partition coefficient (Wildman–Crippen LogP) is 1.90. The standard InChI is InChI=1S/C14H22N4OS/c1-14(2,3)11-6-9(7-12(17-11)18-15)13(19)16-10-4-5-20-8-10/h6-7,10H,4-5,8,15H2,1-3H3,(H,16,19)(H,17,18). The maximum atomic E-state index is 12.3. The van der Waals surface area contributed by atoms with Crippen LogP contribution in [0.15, 0.2) is 12.1 Å². The third-order valence-electron chi connectivity index (χ3n) is 3.27. The fourth-order valence-electron chi connectivity index (χ4n) is 2.04. The van der Waals surface area contributed by atoms with Gasteiger partial charge in [0.25, 0.3) is 5.91 Å². The van der Waals surface area contributed by atoms with Gasteiger partial charge in [0.1, 0.15) is 5.82 Å². The number of hydrazine groups is 1. The van der Waals surface area contributed by atoms with Crippen molar-refractivity contribution >= 4 is 23.5 Å². The normalized spacial score (nSPS) is 18.9. The molecule has 1 aliphatic heterocycles. The Labute approximate surface area is 124 Å². The van der Waals surface area contributed by atoms with Crippen LogP contribution in [0.2, 0.25) is 0 Å². The lowest BCUT2D eigenvalue weighted by atomic mass is 9.90. The number of amides is 1. The van der Waals surface area contributed by atoms with E-state index in [1.54, 1.807) is 6.07 Å². The topological polar surface area (TPSA) is 80.0 Å². The molecule has 0 spiro atoms. The molecule has 0 aromatic carbocycles. The van der Waals surface area contributed by atoms with E-state index < -0.39 is 0 Å². The lowest BCUT2D eigenvalue weighted by Crippen LogP contribution is -2.35. The molecule has 1 fully saturated rings. The van der Waals surface area contributed by atoms with E-state index >= 15 is 0 Å². The van der Waals surface area contributed by atoms with Crippen molar-refractivity contribution in [2.45, 2.75) is 38.6 Å². The van der Waals surface area contributed by atoms with Gasteiger partial charge < -0.3 is 10.7 Å². The highest BCUT2D eigenvalue weighted by Crippen LogP contribution is 2.23. The molecule has 0 bridgehead atoms. The van der Waals surface area contributed by atoms with Gasteiger partial charge in [0, 0.05) is 28.5 Å². The van der Waals surface area contributed by atoms with Gasteiger partial charge in [-0.3, -0.25) is 4.79 Å². The number of nitrogens with two attached hydrogens (primary N) is 1. The van der Waals surface area contributed by atoms with Crippen LogP contribution in [0, 0.1) is 0 Å². The van der Waals surface area contributed by atoms with Crippen molar-refractivity contribution in [1.82, 2.24) is 10.3 Å². The van der Waals surface area contributed by atoms with E-state index in [1.807, 2.05) is 17.8 Å². The molecule has 20 heavy (non-hydrogen) atoms. The van der Waals surface area contributed by atoms with Gasteiger partial charge in [-0.15, -0.1) is 0 Å². The van der Waals surface area contributed by atoms with Crippen LogP contribution < -0.4 is 16.6 Å². The first-order valence-corrected chi connectivity index (χ1v) is 7.93. The van der Waals surface area contributed by atoms with Gasteiger partial charge in [-0.1, -0.05) is 20.8 Å². The summed E-state index contributed by atoms with van der Waals surface area (Å²) in [5.41, 5.74) is 3.85. The lowest BCUT2D eigenvalue weighted by molar-refractivity contribution is 0.0941. The van der Waals surface area contributed by atoms with Crippen molar-refractivity contribution in [2.75, 3.05) is 16.9 Å². The molecule has 1 saturated heterocycles. The minimum Gasteiger partial charge on any atom is -0.348 e. The minimum atomic E-state index is -0.134. The van der Waals surface area contributed by atoms with Crippen molar-refractivity contribution < 1.29 is 4.79 Å². The number of carbonyl (C=O) groups is 1. The second-order valence-electron chi connectivity index (χ2n) is 6.05. The lowest BCUT2D eigenvalue weighted by Gasteiger charge is -2.20. The number of hydrogen-bond donors (Lipinski definition) is 3. The summed E-state index contributed by atoms with van der Waals surface area (Å²) in [6.45, 7) is 6.18. The fourth-order valence-corrected chi connectivity index (χ4v) is 3.19. The summed E-state index contributed by atoms with van der Waals surface area (Å²) in [4.78, 5) is 16.7. The predicted molar refractivity (Wildman–Crippen MR) is 83.9 cm³/mol. The number of nitrogen functional groups attached to an aromatic ring is 1. The zero-order valence-corrected chi connectivity index (χ0v) is 13.0. The molecule has 1 atom stereocenters. The van der Waals surface area contributed by atoms with Crippen LogP contribution >= 0.6 is 11.8 Å². The van der Waals surface area contributed by atoms with Crippen LogP contribution in [0.1, 0.15) is 43.2 Å². The van der Waals surface area contributed by atoms with E-state index in [1.165, 1.54) is 0 Å². The van der Waals surface area contributed by atoms with Crippen molar-refractivity contribution in [2.24, 2.45) is 5.84 Å². The molecule has 1 aromatic rings. The summed E-state index contributed by atoms with van der Waals surface area (Å²) in [6.07, 6.45) is 1.04. The third kappa shape index (κ3) is 3.64. The Bertz CT molecular complexity index is 492. The minimum absolute atomic E-state index is 0.0538. The van der Waals surface area contributed by atoms with Crippen LogP contribution in [0.25, 0.3) is 0 Å². The second kappa shape index (κ2) is 6.01. The van der Waals surface area contributed by atoms with Gasteiger partial charge in [-0.25, -0.2) is 10.8 Å². The summed E-state index contributed by atoms with van der Waals surface area (Å²) < 4.78 is 0. The molecule has 1 aromatic heterocycles. The van der Waals surface area contributed by atoms with Gasteiger partial charge >= 0.3 is 0 Å². The van der Waals surface area contributed by atoms with E-state index in [0.717, 1.165) is 23.6 Å². The van der Waals surface area contributed by atoms with E-state index in [2.05, 4.69) is 36.5 Å². The zero-order valence-electron chi connectivity index (χ0n) is 12.2.